The molecule has 1 aliphatic heterocycles. The largest absolute Gasteiger partial charge is 0.303 e. The van der Waals surface area contributed by atoms with E-state index in [9.17, 15) is 0 Å². The van der Waals surface area contributed by atoms with Gasteiger partial charge in [0, 0.05) is 11.9 Å². The van der Waals surface area contributed by atoms with Gasteiger partial charge in [0.1, 0.15) is 0 Å². The summed E-state index contributed by atoms with van der Waals surface area (Å²) in [5, 5.41) is 1.10. The first kappa shape index (κ1) is 12.5. The molecular weight excluding hydrogens is 238 g/mol. The van der Waals surface area contributed by atoms with Crippen LogP contribution in [0.2, 0.25) is 0 Å². The number of alkyl halides is 1. The predicted molar refractivity (Wildman–Crippen MR) is 67.0 cm³/mol. The number of hydrogen-bond acceptors (Lipinski definition) is 1. The van der Waals surface area contributed by atoms with E-state index in [0.717, 1.165) is 11.2 Å². The molecule has 1 heterocycles. The van der Waals surface area contributed by atoms with Gasteiger partial charge in [0.15, 0.2) is 0 Å². The summed E-state index contributed by atoms with van der Waals surface area (Å²) >= 11 is 3.60. The van der Waals surface area contributed by atoms with Crippen molar-refractivity contribution in [3.05, 3.63) is 0 Å². The summed E-state index contributed by atoms with van der Waals surface area (Å²) in [5.74, 6) is 0.998. The molecule has 1 rings (SSSR count). The summed E-state index contributed by atoms with van der Waals surface area (Å²) in [6.07, 6.45) is 4.19. The van der Waals surface area contributed by atoms with Crippen molar-refractivity contribution in [2.24, 2.45) is 11.3 Å². The van der Waals surface area contributed by atoms with Gasteiger partial charge in [-0.25, -0.2) is 0 Å². The van der Waals surface area contributed by atoms with Crippen LogP contribution < -0.4 is 0 Å². The highest BCUT2D eigenvalue weighted by Gasteiger charge is 2.24. The van der Waals surface area contributed by atoms with Crippen LogP contribution in [-0.4, -0.2) is 29.9 Å². The minimum Gasteiger partial charge on any atom is -0.303 e. The van der Waals surface area contributed by atoms with Crippen molar-refractivity contribution in [1.29, 1.82) is 0 Å². The molecule has 0 aliphatic carbocycles. The third kappa shape index (κ3) is 3.90. The van der Waals surface area contributed by atoms with Gasteiger partial charge >= 0.3 is 0 Å². The Bertz CT molecular complexity index is 160. The molecular formula is C12H24BrN. The van der Waals surface area contributed by atoms with Gasteiger partial charge in [-0.1, -0.05) is 43.1 Å². The van der Waals surface area contributed by atoms with Crippen molar-refractivity contribution < 1.29 is 0 Å². The van der Waals surface area contributed by atoms with Crippen molar-refractivity contribution in [1.82, 2.24) is 4.90 Å². The van der Waals surface area contributed by atoms with E-state index in [4.69, 9.17) is 0 Å². The summed E-state index contributed by atoms with van der Waals surface area (Å²) < 4.78 is 0. The van der Waals surface area contributed by atoms with Crippen LogP contribution in [0.15, 0.2) is 0 Å². The average molecular weight is 262 g/mol. The highest BCUT2D eigenvalue weighted by Crippen LogP contribution is 2.25. The van der Waals surface area contributed by atoms with Crippen LogP contribution in [0.25, 0.3) is 0 Å². The lowest BCUT2D eigenvalue weighted by molar-refractivity contribution is 0.137. The Balaban J connectivity index is 2.28. The smallest absolute Gasteiger partial charge is 0.00949 e. The van der Waals surface area contributed by atoms with Crippen molar-refractivity contribution in [2.45, 2.75) is 40.0 Å². The number of likely N-dealkylation sites (tertiary alicyclic amines) is 1. The van der Waals surface area contributed by atoms with Crippen LogP contribution in [0.3, 0.4) is 0 Å². The zero-order valence-corrected chi connectivity index (χ0v) is 11.4. The topological polar surface area (TPSA) is 3.24 Å². The van der Waals surface area contributed by atoms with Gasteiger partial charge in [0.05, 0.1) is 0 Å². The molecule has 1 saturated heterocycles. The SMILES string of the molecule is CCC1CCN(CC(C)(C)CBr)CC1. The lowest BCUT2D eigenvalue weighted by Crippen LogP contribution is -2.40. The molecule has 2 heteroatoms. The molecule has 84 valence electrons. The van der Waals surface area contributed by atoms with Gasteiger partial charge in [-0.3, -0.25) is 0 Å². The summed E-state index contributed by atoms with van der Waals surface area (Å²) in [4.78, 5) is 2.63. The van der Waals surface area contributed by atoms with Gasteiger partial charge in [-0.15, -0.1) is 0 Å². The first-order valence-electron chi connectivity index (χ1n) is 5.85. The van der Waals surface area contributed by atoms with Crippen LogP contribution >= 0.6 is 15.9 Å². The van der Waals surface area contributed by atoms with Crippen LogP contribution in [0, 0.1) is 11.3 Å². The first-order chi connectivity index (χ1) is 6.57. The summed E-state index contributed by atoms with van der Waals surface area (Å²) in [6.45, 7) is 10.9. The Labute approximate surface area is 97.4 Å². The Morgan fingerprint density at radius 2 is 1.86 bits per heavy atom. The summed E-state index contributed by atoms with van der Waals surface area (Å²) in [7, 11) is 0. The van der Waals surface area contributed by atoms with Crippen molar-refractivity contribution in [2.75, 3.05) is 25.0 Å². The maximum Gasteiger partial charge on any atom is 0.00949 e. The van der Waals surface area contributed by atoms with E-state index in [-0.39, 0.29) is 0 Å². The van der Waals surface area contributed by atoms with Gasteiger partial charge in [0.2, 0.25) is 0 Å². The normalized spacial score (nSPS) is 21.4. The van der Waals surface area contributed by atoms with Crippen LogP contribution in [-0.2, 0) is 0 Å². The minimum atomic E-state index is 0.430. The molecule has 1 nitrogen and oxygen atoms in total. The maximum atomic E-state index is 3.60. The van der Waals surface area contributed by atoms with E-state index in [1.165, 1.54) is 38.9 Å². The molecule has 0 aromatic carbocycles. The number of halogens is 1. The second-order valence-corrected chi connectivity index (χ2v) is 5.99. The van der Waals surface area contributed by atoms with E-state index in [1.807, 2.05) is 0 Å². The quantitative estimate of drug-likeness (QED) is 0.700. The molecule has 0 unspecified atom stereocenters. The van der Waals surface area contributed by atoms with Gasteiger partial charge in [0.25, 0.3) is 0 Å². The van der Waals surface area contributed by atoms with Crippen molar-refractivity contribution >= 4 is 15.9 Å². The molecule has 0 N–H and O–H groups in total. The fourth-order valence-electron chi connectivity index (χ4n) is 2.20. The lowest BCUT2D eigenvalue weighted by Gasteiger charge is -2.36. The number of piperidine rings is 1. The van der Waals surface area contributed by atoms with E-state index < -0.39 is 0 Å². The third-order valence-electron chi connectivity index (χ3n) is 3.30. The fourth-order valence-corrected chi connectivity index (χ4v) is 2.38. The molecule has 14 heavy (non-hydrogen) atoms. The zero-order valence-electron chi connectivity index (χ0n) is 9.85. The molecule has 0 radical (unpaired) electrons. The van der Waals surface area contributed by atoms with Crippen molar-refractivity contribution in [3.63, 3.8) is 0 Å². The Morgan fingerprint density at radius 3 is 2.29 bits per heavy atom. The fraction of sp³-hybridized carbons (Fsp3) is 1.00. The molecule has 0 aromatic heterocycles. The van der Waals surface area contributed by atoms with E-state index in [2.05, 4.69) is 41.6 Å². The second kappa shape index (κ2) is 5.50. The minimum absolute atomic E-state index is 0.430. The number of rotatable bonds is 4. The van der Waals surface area contributed by atoms with Crippen LogP contribution in [0.4, 0.5) is 0 Å². The number of hydrogen-bond donors (Lipinski definition) is 0. The predicted octanol–water partition coefficient (Wildman–Crippen LogP) is 3.53. The summed E-state index contributed by atoms with van der Waals surface area (Å²) in [5.41, 5.74) is 0.430. The summed E-state index contributed by atoms with van der Waals surface area (Å²) in [6, 6.07) is 0. The molecule has 0 amide bonds. The van der Waals surface area contributed by atoms with E-state index in [0.29, 0.717) is 5.41 Å². The standard InChI is InChI=1S/C12H24BrN/c1-4-11-5-7-14(8-6-11)10-12(2,3)9-13/h11H,4-10H2,1-3H3. The molecule has 0 spiro atoms. The van der Waals surface area contributed by atoms with Crippen molar-refractivity contribution in [3.8, 4) is 0 Å². The van der Waals surface area contributed by atoms with Gasteiger partial charge in [-0.05, 0) is 37.3 Å². The Morgan fingerprint density at radius 1 is 1.29 bits per heavy atom. The first-order valence-corrected chi connectivity index (χ1v) is 6.98. The monoisotopic (exact) mass is 261 g/mol. The molecule has 1 fully saturated rings. The zero-order chi connectivity index (χ0) is 10.6. The van der Waals surface area contributed by atoms with Gasteiger partial charge in [-0.2, -0.15) is 0 Å². The molecule has 0 aromatic rings. The molecule has 1 aliphatic rings. The van der Waals surface area contributed by atoms with Crippen LogP contribution in [0.5, 0.6) is 0 Å². The molecule has 0 saturated carbocycles. The van der Waals surface area contributed by atoms with Gasteiger partial charge < -0.3 is 4.90 Å². The maximum absolute atomic E-state index is 3.60. The molecule has 0 atom stereocenters. The molecule has 0 bridgehead atoms. The highest BCUT2D eigenvalue weighted by atomic mass is 79.9. The second-order valence-electron chi connectivity index (χ2n) is 5.43. The number of nitrogens with zero attached hydrogens (tertiary/aromatic N) is 1. The Kier molecular flexibility index (Phi) is 4.92. The Hall–Kier alpha value is 0.440. The third-order valence-corrected chi connectivity index (χ3v) is 4.82. The van der Waals surface area contributed by atoms with Crippen LogP contribution in [0.1, 0.15) is 40.0 Å². The lowest BCUT2D eigenvalue weighted by atomic mass is 9.91. The average Bonchev–Trinajstić information content (AvgIpc) is 2.19. The van der Waals surface area contributed by atoms with E-state index >= 15 is 0 Å². The highest BCUT2D eigenvalue weighted by molar-refractivity contribution is 9.09. The van der Waals surface area contributed by atoms with E-state index in [1.54, 1.807) is 0 Å².